The van der Waals surface area contributed by atoms with Crippen molar-refractivity contribution in [2.45, 2.75) is 39.4 Å². The predicted octanol–water partition coefficient (Wildman–Crippen LogP) is 2.27. The largest absolute Gasteiger partial charge is 0.332 e. The normalized spacial score (nSPS) is 21.1. The number of rotatable bonds is 4. The molecule has 0 bridgehead atoms. The van der Waals surface area contributed by atoms with Crippen LogP contribution in [0.1, 0.15) is 27.6 Å². The van der Waals surface area contributed by atoms with Crippen molar-refractivity contribution < 1.29 is 0 Å². The summed E-state index contributed by atoms with van der Waals surface area (Å²) in [4.78, 5) is 30.6. The molecule has 6 nitrogen and oxygen atoms in total. The van der Waals surface area contributed by atoms with Crippen molar-refractivity contribution in [2.75, 3.05) is 13.1 Å². The molecule has 2 aliphatic rings. The van der Waals surface area contributed by atoms with Crippen molar-refractivity contribution in [3.05, 3.63) is 84.3 Å². The Morgan fingerprint density at radius 2 is 1.86 bits per heavy atom. The Morgan fingerprint density at radius 1 is 1.03 bits per heavy atom. The summed E-state index contributed by atoms with van der Waals surface area (Å²) in [6.45, 7) is 6.00. The average molecular weight is 409 g/mol. The molecule has 0 radical (unpaired) electrons. The predicted molar refractivity (Wildman–Crippen MR) is 113 cm³/mol. The minimum absolute atomic E-state index is 0.0177. The van der Waals surface area contributed by atoms with E-state index in [2.05, 4.69) is 29.1 Å². The van der Waals surface area contributed by atoms with Crippen LogP contribution in [-0.4, -0.2) is 32.3 Å². The fraction of sp³-hybridized carbons (Fsp3) is 0.409. The van der Waals surface area contributed by atoms with Gasteiger partial charge >= 0.3 is 11.1 Å². The fourth-order valence-corrected chi connectivity index (χ4v) is 5.63. The Morgan fingerprint density at radius 3 is 2.62 bits per heavy atom. The van der Waals surface area contributed by atoms with Crippen molar-refractivity contribution in [1.29, 1.82) is 0 Å². The van der Waals surface area contributed by atoms with Gasteiger partial charge < -0.3 is 0 Å². The van der Waals surface area contributed by atoms with E-state index in [4.69, 9.17) is 0 Å². The third-order valence-corrected chi connectivity index (χ3v) is 7.09. The number of aryl methyl sites for hydroxylation is 1. The molecule has 5 rings (SSSR count). The molecule has 0 saturated carbocycles. The van der Waals surface area contributed by atoms with Crippen LogP contribution in [0.2, 0.25) is 0 Å². The molecule has 0 aliphatic carbocycles. The van der Waals surface area contributed by atoms with E-state index in [0.717, 1.165) is 43.9 Å². The molecule has 2 aliphatic heterocycles. The monoisotopic (exact) mass is 408 g/mol. The second-order valence-corrected chi connectivity index (χ2v) is 9.78. The van der Waals surface area contributed by atoms with E-state index < -0.39 is 11.1 Å². The van der Waals surface area contributed by atoms with Crippen molar-refractivity contribution in [3.63, 3.8) is 0 Å². The van der Waals surface area contributed by atoms with Crippen LogP contribution >= 0.6 is 11.3 Å². The quantitative estimate of drug-likeness (QED) is 0.622. The lowest BCUT2D eigenvalue weighted by Gasteiger charge is -2.22. The van der Waals surface area contributed by atoms with Gasteiger partial charge in [0.15, 0.2) is 0 Å². The van der Waals surface area contributed by atoms with Crippen LogP contribution in [0.15, 0.2) is 52.1 Å². The molecule has 0 amide bonds. The molecule has 4 heterocycles. The lowest BCUT2D eigenvalue weighted by Crippen LogP contribution is -2.43. The van der Waals surface area contributed by atoms with Crippen LogP contribution in [0.5, 0.6) is 0 Å². The minimum Gasteiger partial charge on any atom is -0.298 e. The highest BCUT2D eigenvalue weighted by molar-refractivity contribution is 7.11. The summed E-state index contributed by atoms with van der Waals surface area (Å²) in [6, 6.07) is 14.1. The summed E-state index contributed by atoms with van der Waals surface area (Å²) in [5, 5.41) is 4.59. The average Bonchev–Trinajstić information content (AvgIpc) is 3.40. The standard InChI is InChI=1S/C22H24N4O2S/c1-16-7-8-18(29-16)13-24-10-9-22(14-24)11-19-23-26(12-17-5-3-2-4-6-17)21(28)20(27)25(19)15-22/h2-8H,9-15H2,1H3/t22-/m0/s1. The van der Waals surface area contributed by atoms with Crippen LogP contribution < -0.4 is 11.1 Å². The molecule has 1 spiro atoms. The smallest absolute Gasteiger partial charge is 0.298 e. The Labute approximate surface area is 173 Å². The summed E-state index contributed by atoms with van der Waals surface area (Å²) in [6.07, 6.45) is 1.80. The Hall–Kier alpha value is -2.51. The molecule has 0 N–H and O–H groups in total. The van der Waals surface area contributed by atoms with E-state index >= 15 is 0 Å². The third-order valence-electron chi connectivity index (χ3n) is 6.10. The van der Waals surface area contributed by atoms with Gasteiger partial charge in [0.25, 0.3) is 0 Å². The number of thiophene rings is 1. The van der Waals surface area contributed by atoms with E-state index in [1.54, 1.807) is 4.57 Å². The van der Waals surface area contributed by atoms with E-state index in [0.29, 0.717) is 13.1 Å². The molecule has 1 atom stereocenters. The van der Waals surface area contributed by atoms with Gasteiger partial charge in [0.2, 0.25) is 0 Å². The third kappa shape index (κ3) is 3.49. The van der Waals surface area contributed by atoms with Crippen LogP contribution in [0.3, 0.4) is 0 Å². The van der Waals surface area contributed by atoms with Crippen molar-refractivity contribution in [3.8, 4) is 0 Å². The van der Waals surface area contributed by atoms with Crippen molar-refractivity contribution in [2.24, 2.45) is 5.41 Å². The molecule has 0 unspecified atom stereocenters. The zero-order chi connectivity index (χ0) is 20.0. The maximum absolute atomic E-state index is 12.8. The van der Waals surface area contributed by atoms with Gasteiger partial charge in [-0.1, -0.05) is 30.3 Å². The first kappa shape index (κ1) is 18.5. The zero-order valence-corrected chi connectivity index (χ0v) is 17.3. The maximum atomic E-state index is 12.8. The SMILES string of the molecule is Cc1ccc(CN2CC[C@]3(Cc4nn(Cc5ccccc5)c(=O)c(=O)n4C3)C2)s1. The van der Waals surface area contributed by atoms with E-state index in [1.165, 1.54) is 14.4 Å². The van der Waals surface area contributed by atoms with Gasteiger partial charge in [-0.25, -0.2) is 4.68 Å². The molecular formula is C22H24N4O2S. The number of fused-ring (bicyclic) bond motifs is 1. The number of aromatic nitrogens is 3. The molecule has 1 fully saturated rings. The van der Waals surface area contributed by atoms with E-state index in [9.17, 15) is 9.59 Å². The first-order valence-electron chi connectivity index (χ1n) is 10.0. The lowest BCUT2D eigenvalue weighted by molar-refractivity contribution is 0.247. The number of hydrogen-bond acceptors (Lipinski definition) is 5. The minimum atomic E-state index is -0.529. The van der Waals surface area contributed by atoms with Gasteiger partial charge in [0, 0.05) is 41.2 Å². The van der Waals surface area contributed by atoms with E-state index in [1.807, 2.05) is 41.7 Å². The molecule has 7 heteroatoms. The van der Waals surface area contributed by atoms with Gasteiger partial charge in [-0.15, -0.1) is 11.3 Å². The van der Waals surface area contributed by atoms with Gasteiger partial charge in [-0.05, 0) is 37.6 Å². The molecule has 1 saturated heterocycles. The van der Waals surface area contributed by atoms with Gasteiger partial charge in [-0.3, -0.25) is 19.1 Å². The number of hydrogen-bond donors (Lipinski definition) is 0. The highest BCUT2D eigenvalue weighted by atomic mass is 32.1. The van der Waals surface area contributed by atoms with Crippen LogP contribution in [-0.2, 0) is 26.1 Å². The number of benzene rings is 1. The summed E-state index contributed by atoms with van der Waals surface area (Å²) in [7, 11) is 0. The number of nitrogens with zero attached hydrogens (tertiary/aromatic N) is 4. The summed E-state index contributed by atoms with van der Waals surface area (Å²) in [5.74, 6) is 0.749. The zero-order valence-electron chi connectivity index (χ0n) is 16.5. The molecule has 3 aromatic rings. The summed E-state index contributed by atoms with van der Waals surface area (Å²) in [5.41, 5.74) is 0.0234. The first-order chi connectivity index (χ1) is 14.0. The lowest BCUT2D eigenvalue weighted by atomic mass is 9.86. The topological polar surface area (TPSA) is 60.1 Å². The van der Waals surface area contributed by atoms with Crippen molar-refractivity contribution in [1.82, 2.24) is 19.2 Å². The molecule has 2 aromatic heterocycles. The highest BCUT2D eigenvalue weighted by Crippen LogP contribution is 2.39. The molecule has 29 heavy (non-hydrogen) atoms. The fourth-order valence-electron chi connectivity index (χ4n) is 4.69. The van der Waals surface area contributed by atoms with Crippen LogP contribution in [0.25, 0.3) is 0 Å². The Bertz CT molecular complexity index is 1160. The molecular weight excluding hydrogens is 384 g/mol. The van der Waals surface area contributed by atoms with Crippen molar-refractivity contribution >= 4 is 11.3 Å². The molecule has 150 valence electrons. The second kappa shape index (κ2) is 7.07. The van der Waals surface area contributed by atoms with Gasteiger partial charge in [0.05, 0.1) is 6.54 Å². The Balaban J connectivity index is 1.37. The van der Waals surface area contributed by atoms with Crippen LogP contribution in [0, 0.1) is 12.3 Å². The van der Waals surface area contributed by atoms with Gasteiger partial charge in [-0.2, -0.15) is 5.10 Å². The summed E-state index contributed by atoms with van der Waals surface area (Å²) >= 11 is 1.85. The van der Waals surface area contributed by atoms with Gasteiger partial charge in [0.1, 0.15) is 5.82 Å². The van der Waals surface area contributed by atoms with E-state index in [-0.39, 0.29) is 5.41 Å². The first-order valence-corrected chi connectivity index (χ1v) is 10.9. The Kier molecular flexibility index (Phi) is 4.52. The second-order valence-electron chi connectivity index (χ2n) is 8.41. The summed E-state index contributed by atoms with van der Waals surface area (Å²) < 4.78 is 2.96. The molecule has 1 aromatic carbocycles. The highest BCUT2D eigenvalue weighted by Gasteiger charge is 2.44. The maximum Gasteiger partial charge on any atom is 0.332 e. The van der Waals surface area contributed by atoms with Crippen LogP contribution in [0.4, 0.5) is 0 Å². The number of likely N-dealkylation sites (tertiary alicyclic amines) is 1.